The van der Waals surface area contributed by atoms with Crippen LogP contribution in [0.15, 0.2) is 5.38 Å². The Hall–Kier alpha value is -0.780. The van der Waals surface area contributed by atoms with Gasteiger partial charge in [-0.25, -0.2) is 4.98 Å². The van der Waals surface area contributed by atoms with Crippen molar-refractivity contribution in [1.29, 1.82) is 0 Å². The third-order valence-electron chi connectivity index (χ3n) is 4.54. The number of carbonyl (C=O) groups is 1. The Morgan fingerprint density at radius 1 is 1.55 bits per heavy atom. The first-order chi connectivity index (χ1) is 9.60. The summed E-state index contributed by atoms with van der Waals surface area (Å²) in [5, 5.41) is 2.70. The highest BCUT2D eigenvalue weighted by molar-refractivity contribution is 7.09. The number of ether oxygens (including phenoxy) is 1. The number of ketones is 1. The molecule has 1 saturated carbocycles. The van der Waals surface area contributed by atoms with Crippen LogP contribution < -0.4 is 5.73 Å². The Balaban J connectivity index is 1.72. The molecule has 2 aliphatic rings. The van der Waals surface area contributed by atoms with Gasteiger partial charge < -0.3 is 10.5 Å². The molecule has 3 rings (SSSR count). The number of nitrogens with two attached hydrogens (primary N) is 1. The zero-order valence-corrected chi connectivity index (χ0v) is 12.7. The van der Waals surface area contributed by atoms with Crippen molar-refractivity contribution in [2.45, 2.75) is 57.1 Å². The second-order valence-corrected chi connectivity index (χ2v) is 7.04. The van der Waals surface area contributed by atoms with Crippen molar-refractivity contribution in [2.24, 2.45) is 11.7 Å². The van der Waals surface area contributed by atoms with Gasteiger partial charge >= 0.3 is 0 Å². The van der Waals surface area contributed by atoms with E-state index in [2.05, 4.69) is 4.98 Å². The van der Waals surface area contributed by atoms with Crippen LogP contribution in [0.3, 0.4) is 0 Å². The van der Waals surface area contributed by atoms with E-state index in [9.17, 15) is 4.79 Å². The first kappa shape index (κ1) is 14.2. The number of hydrogen-bond acceptors (Lipinski definition) is 5. The van der Waals surface area contributed by atoms with Gasteiger partial charge in [-0.15, -0.1) is 11.3 Å². The molecule has 4 nitrogen and oxygen atoms in total. The molecule has 2 unspecified atom stereocenters. The van der Waals surface area contributed by atoms with E-state index in [-0.39, 0.29) is 23.3 Å². The Bertz CT molecular complexity index is 492. The molecule has 20 heavy (non-hydrogen) atoms. The normalized spacial score (nSPS) is 26.8. The molecule has 0 radical (unpaired) electrons. The van der Waals surface area contributed by atoms with Gasteiger partial charge in [-0.05, 0) is 32.6 Å². The molecule has 2 heterocycles. The lowest BCUT2D eigenvalue weighted by atomic mass is 9.82. The fourth-order valence-corrected chi connectivity index (χ4v) is 4.21. The molecule has 110 valence electrons. The number of rotatable bonds is 3. The number of thiazole rings is 1. The zero-order valence-electron chi connectivity index (χ0n) is 11.9. The van der Waals surface area contributed by atoms with Crippen molar-refractivity contribution in [3.63, 3.8) is 0 Å². The third kappa shape index (κ3) is 2.67. The quantitative estimate of drug-likeness (QED) is 0.870. The number of Topliss-reactive ketones (excluding diaryl/α,β-unsaturated/α-hetero) is 1. The van der Waals surface area contributed by atoms with Crippen molar-refractivity contribution in [2.75, 3.05) is 6.61 Å². The molecular weight excluding hydrogens is 272 g/mol. The lowest BCUT2D eigenvalue weighted by Gasteiger charge is -2.37. The molecule has 1 aromatic rings. The van der Waals surface area contributed by atoms with Crippen LogP contribution in [0, 0.1) is 5.92 Å². The molecule has 1 aliphatic heterocycles. The predicted molar refractivity (Wildman–Crippen MR) is 78.9 cm³/mol. The highest BCUT2D eigenvalue weighted by atomic mass is 32.1. The number of nitrogens with zero attached hydrogens (tertiary/aromatic N) is 1. The number of carbonyl (C=O) groups excluding carboxylic acids is 1. The second kappa shape index (κ2) is 5.54. The number of hydrogen-bond donors (Lipinski definition) is 1. The van der Waals surface area contributed by atoms with E-state index in [1.54, 1.807) is 0 Å². The van der Waals surface area contributed by atoms with Crippen LogP contribution in [0.5, 0.6) is 0 Å². The van der Waals surface area contributed by atoms with Gasteiger partial charge in [0.25, 0.3) is 0 Å². The minimum atomic E-state index is -0.0996. The SMILES string of the molecule is CC(N)c1nc(C(=O)C2CCOC3(CCCC3)C2)cs1. The molecule has 1 saturated heterocycles. The Morgan fingerprint density at radius 3 is 2.95 bits per heavy atom. The molecule has 5 heteroatoms. The van der Waals surface area contributed by atoms with Crippen molar-refractivity contribution in [3.8, 4) is 0 Å². The van der Waals surface area contributed by atoms with Gasteiger partial charge in [0.15, 0.2) is 5.78 Å². The van der Waals surface area contributed by atoms with Crippen LogP contribution >= 0.6 is 11.3 Å². The molecule has 2 atom stereocenters. The summed E-state index contributed by atoms with van der Waals surface area (Å²) in [6.07, 6.45) is 6.37. The Morgan fingerprint density at radius 2 is 2.30 bits per heavy atom. The van der Waals surface area contributed by atoms with Gasteiger partial charge in [0.2, 0.25) is 0 Å². The fraction of sp³-hybridized carbons (Fsp3) is 0.733. The third-order valence-corrected chi connectivity index (χ3v) is 5.59. The summed E-state index contributed by atoms with van der Waals surface area (Å²) >= 11 is 1.49. The van der Waals surface area contributed by atoms with Crippen LogP contribution in [0.25, 0.3) is 0 Å². The summed E-state index contributed by atoms with van der Waals surface area (Å²) in [5.74, 6) is 0.257. The molecule has 2 N–H and O–H groups in total. The lowest BCUT2D eigenvalue weighted by Crippen LogP contribution is -2.39. The van der Waals surface area contributed by atoms with Gasteiger partial charge in [0.1, 0.15) is 10.7 Å². The molecule has 0 amide bonds. The Labute approximate surface area is 123 Å². The minimum Gasteiger partial charge on any atom is -0.375 e. The Kier molecular flexibility index (Phi) is 3.93. The standard InChI is InChI=1S/C15H22N2O2S/c1-10(16)14-17-12(9-20-14)13(18)11-4-7-19-15(8-11)5-2-3-6-15/h9-11H,2-8,16H2,1H3. The van der Waals surface area contributed by atoms with Gasteiger partial charge in [0.05, 0.1) is 11.6 Å². The van der Waals surface area contributed by atoms with Crippen LogP contribution in [0.2, 0.25) is 0 Å². The molecular formula is C15H22N2O2S. The lowest BCUT2D eigenvalue weighted by molar-refractivity contribution is -0.0866. The highest BCUT2D eigenvalue weighted by Crippen LogP contribution is 2.42. The van der Waals surface area contributed by atoms with Crippen LogP contribution in [0.4, 0.5) is 0 Å². The average Bonchev–Trinajstić information content (AvgIpc) is 3.08. The maximum atomic E-state index is 12.6. The largest absolute Gasteiger partial charge is 0.375 e. The van der Waals surface area contributed by atoms with E-state index in [0.717, 1.165) is 30.7 Å². The summed E-state index contributed by atoms with van der Waals surface area (Å²) in [7, 11) is 0. The minimum absolute atomic E-state index is 0.0153. The molecule has 0 bridgehead atoms. The summed E-state index contributed by atoms with van der Waals surface area (Å²) < 4.78 is 6.00. The molecule has 1 aromatic heterocycles. The van der Waals surface area contributed by atoms with Crippen molar-refractivity contribution < 1.29 is 9.53 Å². The van der Waals surface area contributed by atoms with E-state index in [1.807, 2.05) is 12.3 Å². The first-order valence-electron chi connectivity index (χ1n) is 7.49. The van der Waals surface area contributed by atoms with Gasteiger partial charge in [0, 0.05) is 17.9 Å². The monoisotopic (exact) mass is 294 g/mol. The molecule has 2 fully saturated rings. The zero-order chi connectivity index (χ0) is 14.2. The van der Waals surface area contributed by atoms with Gasteiger partial charge in [-0.1, -0.05) is 12.8 Å². The van der Waals surface area contributed by atoms with Crippen molar-refractivity contribution in [1.82, 2.24) is 4.98 Å². The van der Waals surface area contributed by atoms with Crippen molar-refractivity contribution >= 4 is 17.1 Å². The summed E-state index contributed by atoms with van der Waals surface area (Å²) in [4.78, 5) is 17.0. The van der Waals surface area contributed by atoms with Gasteiger partial charge in [-0.3, -0.25) is 4.79 Å². The van der Waals surface area contributed by atoms with E-state index in [1.165, 1.54) is 24.2 Å². The maximum Gasteiger partial charge on any atom is 0.185 e. The van der Waals surface area contributed by atoms with E-state index in [4.69, 9.17) is 10.5 Å². The first-order valence-corrected chi connectivity index (χ1v) is 8.37. The smallest absolute Gasteiger partial charge is 0.185 e. The van der Waals surface area contributed by atoms with Gasteiger partial charge in [-0.2, -0.15) is 0 Å². The summed E-state index contributed by atoms with van der Waals surface area (Å²) in [6, 6.07) is -0.0996. The maximum absolute atomic E-state index is 12.6. The van der Waals surface area contributed by atoms with Crippen LogP contribution in [-0.2, 0) is 4.74 Å². The highest BCUT2D eigenvalue weighted by Gasteiger charge is 2.42. The van der Waals surface area contributed by atoms with Crippen LogP contribution in [-0.4, -0.2) is 23.0 Å². The predicted octanol–water partition coefficient (Wildman–Crippen LogP) is 3.08. The fourth-order valence-electron chi connectivity index (χ4n) is 3.44. The average molecular weight is 294 g/mol. The summed E-state index contributed by atoms with van der Waals surface area (Å²) in [5.41, 5.74) is 6.40. The second-order valence-electron chi connectivity index (χ2n) is 6.15. The molecule has 0 aromatic carbocycles. The summed E-state index contributed by atoms with van der Waals surface area (Å²) in [6.45, 7) is 2.61. The van der Waals surface area contributed by atoms with E-state index < -0.39 is 0 Å². The molecule has 1 aliphatic carbocycles. The van der Waals surface area contributed by atoms with E-state index >= 15 is 0 Å². The molecule has 1 spiro atoms. The number of aromatic nitrogens is 1. The topological polar surface area (TPSA) is 65.2 Å². The van der Waals surface area contributed by atoms with Crippen LogP contribution in [0.1, 0.15) is 67.0 Å². The van der Waals surface area contributed by atoms with E-state index in [0.29, 0.717) is 12.3 Å². The van der Waals surface area contributed by atoms with Crippen molar-refractivity contribution in [3.05, 3.63) is 16.1 Å².